The van der Waals surface area contributed by atoms with Crippen molar-refractivity contribution >= 4 is 51.9 Å². The number of phenols is 1. The summed E-state index contributed by atoms with van der Waals surface area (Å²) in [6.45, 7) is 3.55. The third-order valence-corrected chi connectivity index (χ3v) is 5.49. The molecule has 2 aromatic rings. The van der Waals surface area contributed by atoms with Gasteiger partial charge in [0.25, 0.3) is 5.91 Å². The Kier molecular flexibility index (Phi) is 5.62. The average molecular weight is 399 g/mol. The quantitative estimate of drug-likeness (QED) is 0.603. The molecule has 0 aliphatic carbocycles. The Bertz CT molecular complexity index is 956. The lowest BCUT2D eigenvalue weighted by atomic mass is 10.1. The van der Waals surface area contributed by atoms with Crippen LogP contribution in [0, 0.1) is 6.92 Å². The molecule has 1 heterocycles. The molecule has 7 heteroatoms. The maximum Gasteiger partial charge on any atom is 0.266 e. The first-order valence-corrected chi connectivity index (χ1v) is 9.52. The van der Waals surface area contributed by atoms with Crippen molar-refractivity contribution in [3.8, 4) is 5.75 Å². The molecule has 2 aromatic carbocycles. The Balaban J connectivity index is 1.78. The highest BCUT2D eigenvalue weighted by Gasteiger charge is 2.38. The summed E-state index contributed by atoms with van der Waals surface area (Å²) in [5.41, 5.74) is 2.33. The Morgan fingerprint density at radius 2 is 2.00 bits per heavy atom. The summed E-state index contributed by atoms with van der Waals surface area (Å²) in [4.78, 5) is 27.1. The summed E-state index contributed by atoms with van der Waals surface area (Å²) in [6.07, 6.45) is 1.66. The van der Waals surface area contributed by atoms with Gasteiger partial charge in [0.2, 0.25) is 5.91 Å². The smallest absolute Gasteiger partial charge is 0.266 e. The highest BCUT2D eigenvalue weighted by atomic mass is 32.2. The number of rotatable bonds is 4. The van der Waals surface area contributed by atoms with E-state index in [2.05, 4.69) is 5.32 Å². The first kappa shape index (κ1) is 19.1. The molecule has 0 bridgehead atoms. The van der Waals surface area contributed by atoms with Crippen molar-refractivity contribution in [2.24, 2.45) is 0 Å². The van der Waals surface area contributed by atoms with Crippen LogP contribution < -0.4 is 5.32 Å². The zero-order valence-corrected chi connectivity index (χ0v) is 16.4. The van der Waals surface area contributed by atoms with Gasteiger partial charge in [0, 0.05) is 5.69 Å². The van der Waals surface area contributed by atoms with Crippen LogP contribution in [0.3, 0.4) is 0 Å². The highest BCUT2D eigenvalue weighted by molar-refractivity contribution is 8.26. The van der Waals surface area contributed by atoms with E-state index >= 15 is 0 Å². The second-order valence-corrected chi connectivity index (χ2v) is 7.80. The molecular formula is C20H18N2O3S2. The number of amides is 2. The van der Waals surface area contributed by atoms with E-state index < -0.39 is 6.04 Å². The van der Waals surface area contributed by atoms with Crippen LogP contribution in [-0.2, 0) is 9.59 Å². The van der Waals surface area contributed by atoms with Gasteiger partial charge in [-0.15, -0.1) is 0 Å². The van der Waals surface area contributed by atoms with E-state index in [1.807, 2.05) is 31.2 Å². The van der Waals surface area contributed by atoms with E-state index in [0.717, 1.165) is 17.3 Å². The van der Waals surface area contributed by atoms with Crippen LogP contribution in [0.5, 0.6) is 5.75 Å². The van der Waals surface area contributed by atoms with Gasteiger partial charge >= 0.3 is 0 Å². The predicted molar refractivity (Wildman–Crippen MR) is 112 cm³/mol. The van der Waals surface area contributed by atoms with Crippen molar-refractivity contribution < 1.29 is 14.7 Å². The summed E-state index contributed by atoms with van der Waals surface area (Å²) in [5, 5.41) is 12.4. The molecule has 1 fully saturated rings. The normalized spacial score (nSPS) is 16.7. The van der Waals surface area contributed by atoms with Crippen LogP contribution in [0.15, 0.2) is 53.4 Å². The molecular weight excluding hydrogens is 380 g/mol. The zero-order chi connectivity index (χ0) is 19.6. The number of carbonyl (C=O) groups is 2. The largest absolute Gasteiger partial charge is 0.508 e. The molecule has 0 aromatic heterocycles. The lowest BCUT2D eigenvalue weighted by Crippen LogP contribution is -2.44. The Morgan fingerprint density at radius 1 is 1.26 bits per heavy atom. The third-order valence-electron chi connectivity index (χ3n) is 4.16. The van der Waals surface area contributed by atoms with Crippen molar-refractivity contribution in [3.63, 3.8) is 0 Å². The van der Waals surface area contributed by atoms with Crippen LogP contribution >= 0.6 is 24.0 Å². The van der Waals surface area contributed by atoms with Gasteiger partial charge in [-0.1, -0.05) is 54.3 Å². The fraction of sp³-hybridized carbons (Fsp3) is 0.150. The minimum Gasteiger partial charge on any atom is -0.508 e. The minimum absolute atomic E-state index is 0.116. The summed E-state index contributed by atoms with van der Waals surface area (Å²) in [6, 6.07) is 13.3. The molecule has 3 rings (SSSR count). The average Bonchev–Trinajstić information content (AvgIpc) is 2.90. The fourth-order valence-electron chi connectivity index (χ4n) is 2.65. The molecule has 2 amide bonds. The first-order valence-electron chi connectivity index (χ1n) is 8.29. The topological polar surface area (TPSA) is 69.6 Å². The number of thiocarbonyl (C=S) groups is 1. The molecule has 0 radical (unpaired) electrons. The van der Waals surface area contributed by atoms with Gasteiger partial charge in [-0.25, -0.2) is 0 Å². The van der Waals surface area contributed by atoms with E-state index in [1.165, 1.54) is 4.90 Å². The van der Waals surface area contributed by atoms with Crippen LogP contribution in [0.2, 0.25) is 0 Å². The number of anilines is 1. The second-order valence-electron chi connectivity index (χ2n) is 6.13. The molecule has 5 nitrogen and oxygen atoms in total. The number of phenolic OH excluding ortho intramolecular Hbond substituents is 1. The highest BCUT2D eigenvalue weighted by Crippen LogP contribution is 2.34. The van der Waals surface area contributed by atoms with Crippen LogP contribution in [0.1, 0.15) is 18.1 Å². The molecule has 138 valence electrons. The number of aromatic hydroxyl groups is 1. The molecule has 0 spiro atoms. The van der Waals surface area contributed by atoms with Crippen LogP contribution in [-0.4, -0.2) is 32.2 Å². The molecule has 1 unspecified atom stereocenters. The molecule has 1 atom stereocenters. The zero-order valence-electron chi connectivity index (χ0n) is 14.8. The first-order chi connectivity index (χ1) is 12.9. The summed E-state index contributed by atoms with van der Waals surface area (Å²) in [7, 11) is 0. The SMILES string of the molecule is Cc1ccccc1NC(=O)C(C)N1C(=O)/C(=C/c2cccc(O)c2)SC1=S. The van der Waals surface area contributed by atoms with Gasteiger partial charge in [0.15, 0.2) is 0 Å². The number of nitrogens with one attached hydrogen (secondary N) is 1. The molecule has 0 saturated carbocycles. The number of nitrogens with zero attached hydrogens (tertiary/aromatic N) is 1. The second kappa shape index (κ2) is 7.94. The van der Waals surface area contributed by atoms with Crippen molar-refractivity contribution in [3.05, 3.63) is 64.6 Å². The Labute approximate surface area is 167 Å². The van der Waals surface area contributed by atoms with Crippen LogP contribution in [0.25, 0.3) is 6.08 Å². The number of para-hydroxylation sites is 1. The van der Waals surface area contributed by atoms with Gasteiger partial charge in [0.05, 0.1) is 4.91 Å². The molecule has 1 aliphatic rings. The predicted octanol–water partition coefficient (Wildman–Crippen LogP) is 3.93. The fourth-order valence-corrected chi connectivity index (χ4v) is 4.07. The summed E-state index contributed by atoms with van der Waals surface area (Å²) < 4.78 is 0.332. The van der Waals surface area contributed by atoms with E-state index in [-0.39, 0.29) is 17.6 Å². The van der Waals surface area contributed by atoms with E-state index in [1.54, 1.807) is 37.3 Å². The van der Waals surface area contributed by atoms with E-state index in [4.69, 9.17) is 12.2 Å². The molecule has 27 heavy (non-hydrogen) atoms. The summed E-state index contributed by atoms with van der Waals surface area (Å²) >= 11 is 6.47. The number of aryl methyl sites for hydroxylation is 1. The minimum atomic E-state index is -0.743. The number of hydrogen-bond donors (Lipinski definition) is 2. The Morgan fingerprint density at radius 3 is 2.70 bits per heavy atom. The van der Waals surface area contributed by atoms with Gasteiger partial charge < -0.3 is 10.4 Å². The lowest BCUT2D eigenvalue weighted by molar-refractivity contribution is -0.129. The van der Waals surface area contributed by atoms with E-state index in [9.17, 15) is 14.7 Å². The maximum atomic E-state index is 12.8. The van der Waals surface area contributed by atoms with Crippen molar-refractivity contribution in [1.82, 2.24) is 4.90 Å². The van der Waals surface area contributed by atoms with Gasteiger partial charge in [-0.05, 0) is 49.2 Å². The number of carbonyl (C=O) groups excluding carboxylic acids is 2. The number of thioether (sulfide) groups is 1. The lowest BCUT2D eigenvalue weighted by Gasteiger charge is -2.22. The van der Waals surface area contributed by atoms with E-state index in [0.29, 0.717) is 20.5 Å². The van der Waals surface area contributed by atoms with Crippen molar-refractivity contribution in [2.75, 3.05) is 5.32 Å². The number of hydrogen-bond acceptors (Lipinski definition) is 5. The summed E-state index contributed by atoms with van der Waals surface area (Å²) in [5.74, 6) is -0.509. The van der Waals surface area contributed by atoms with Crippen molar-refractivity contribution in [2.45, 2.75) is 19.9 Å². The van der Waals surface area contributed by atoms with Gasteiger partial charge in [0.1, 0.15) is 16.1 Å². The third kappa shape index (κ3) is 4.20. The monoisotopic (exact) mass is 398 g/mol. The molecule has 1 aliphatic heterocycles. The van der Waals surface area contributed by atoms with Crippen LogP contribution in [0.4, 0.5) is 5.69 Å². The standard InChI is InChI=1S/C20H18N2O3S2/c1-12-6-3-4-9-16(12)21-18(24)13(2)22-19(25)17(27-20(22)26)11-14-7-5-8-15(23)10-14/h3-11,13,23H,1-2H3,(H,21,24)/b17-11-. The Hall–Kier alpha value is -2.64. The van der Waals surface area contributed by atoms with Crippen molar-refractivity contribution in [1.29, 1.82) is 0 Å². The van der Waals surface area contributed by atoms with Gasteiger partial charge in [-0.3, -0.25) is 14.5 Å². The van der Waals surface area contributed by atoms with Gasteiger partial charge in [-0.2, -0.15) is 0 Å². The molecule has 1 saturated heterocycles. The number of benzene rings is 2. The maximum absolute atomic E-state index is 12.8. The molecule has 2 N–H and O–H groups in total.